The summed E-state index contributed by atoms with van der Waals surface area (Å²) in [6, 6.07) is 0. The van der Waals surface area contributed by atoms with Crippen molar-refractivity contribution in [2.75, 3.05) is 6.61 Å². The molecule has 0 heterocycles. The number of Topliss-reactive ketones (excluding diaryl/α,β-unsaturated/α-hetero) is 1. The Kier molecular flexibility index (Phi) is 6.19. The van der Waals surface area contributed by atoms with Gasteiger partial charge in [-0.15, -0.1) is 0 Å². The normalized spacial score (nSPS) is 10.8. The molecule has 0 aliphatic heterocycles. The number of hydrogen-bond acceptors (Lipinski definition) is 6. The van der Waals surface area contributed by atoms with Crippen molar-refractivity contribution in [2.24, 2.45) is 9.98 Å². The number of ketones is 1. The highest BCUT2D eigenvalue weighted by molar-refractivity contribution is 5.85. The van der Waals surface area contributed by atoms with E-state index < -0.39 is 11.9 Å². The van der Waals surface area contributed by atoms with Crippen molar-refractivity contribution >= 4 is 17.9 Å². The van der Waals surface area contributed by atoms with Crippen LogP contribution in [-0.2, 0) is 14.4 Å². The van der Waals surface area contributed by atoms with E-state index >= 15 is 0 Å². The van der Waals surface area contributed by atoms with Crippen LogP contribution in [0.1, 0.15) is 12.8 Å². The summed E-state index contributed by atoms with van der Waals surface area (Å²) in [7, 11) is 0. The molecule has 0 saturated heterocycles. The van der Waals surface area contributed by atoms with Crippen molar-refractivity contribution in [3.63, 3.8) is 0 Å². The second-order valence-electron chi connectivity index (χ2n) is 2.11. The molecule has 0 bridgehead atoms. The van der Waals surface area contributed by atoms with Gasteiger partial charge in [-0.05, 0) is 6.42 Å². The fourth-order valence-corrected chi connectivity index (χ4v) is 0.655. The average Bonchev–Trinajstić information content (AvgIpc) is 2.14. The van der Waals surface area contributed by atoms with Gasteiger partial charge in [0.1, 0.15) is 0 Å². The summed E-state index contributed by atoms with van der Waals surface area (Å²) in [6.45, 7) is -0.145. The quantitative estimate of drug-likeness (QED) is 0.437. The van der Waals surface area contributed by atoms with E-state index in [2.05, 4.69) is 9.98 Å². The Morgan fingerprint density at radius 1 is 1.31 bits per heavy atom. The first-order chi connectivity index (χ1) is 6.26. The number of aliphatic hydroxyl groups is 1. The van der Waals surface area contributed by atoms with Crippen LogP contribution in [0.4, 0.5) is 0 Å². The standard InChI is InChI=1S/C7H8N2O4/c10-3-1-2-6(13)7(8-4-11)9-5-12/h7,10H,1-3H2. The van der Waals surface area contributed by atoms with Crippen LogP contribution in [0.25, 0.3) is 0 Å². The minimum Gasteiger partial charge on any atom is -0.396 e. The molecule has 1 N–H and O–H groups in total. The average molecular weight is 184 g/mol. The van der Waals surface area contributed by atoms with Crippen LogP contribution < -0.4 is 0 Å². The molecular formula is C7H8N2O4. The van der Waals surface area contributed by atoms with Crippen LogP contribution in [0.15, 0.2) is 9.98 Å². The zero-order chi connectivity index (χ0) is 10.1. The van der Waals surface area contributed by atoms with E-state index in [1.54, 1.807) is 0 Å². The van der Waals surface area contributed by atoms with Gasteiger partial charge in [0.25, 0.3) is 0 Å². The Hall–Kier alpha value is -1.61. The predicted molar refractivity (Wildman–Crippen MR) is 41.4 cm³/mol. The van der Waals surface area contributed by atoms with Gasteiger partial charge in [0.2, 0.25) is 18.3 Å². The van der Waals surface area contributed by atoms with Gasteiger partial charge in [-0.2, -0.15) is 9.98 Å². The summed E-state index contributed by atoms with van der Waals surface area (Å²) in [5.74, 6) is -0.513. The zero-order valence-corrected chi connectivity index (χ0v) is 6.77. The molecule has 0 amide bonds. The monoisotopic (exact) mass is 184 g/mol. The van der Waals surface area contributed by atoms with Crippen LogP contribution in [0.3, 0.4) is 0 Å². The number of hydrogen-bond donors (Lipinski definition) is 1. The second-order valence-corrected chi connectivity index (χ2v) is 2.11. The van der Waals surface area contributed by atoms with E-state index in [1.807, 2.05) is 0 Å². The van der Waals surface area contributed by atoms with Gasteiger partial charge in [-0.25, -0.2) is 9.59 Å². The first-order valence-electron chi connectivity index (χ1n) is 3.53. The molecule has 6 heteroatoms. The molecular weight excluding hydrogens is 176 g/mol. The lowest BCUT2D eigenvalue weighted by Crippen LogP contribution is -2.16. The van der Waals surface area contributed by atoms with E-state index in [4.69, 9.17) is 5.11 Å². The number of isocyanates is 2. The number of carbonyl (C=O) groups excluding carboxylic acids is 3. The van der Waals surface area contributed by atoms with Gasteiger partial charge >= 0.3 is 0 Å². The van der Waals surface area contributed by atoms with Crippen LogP contribution in [0.5, 0.6) is 0 Å². The Bertz CT molecular complexity index is 246. The SMILES string of the molecule is O=C=NC(N=C=O)C(=O)CCCO. The molecule has 0 aromatic carbocycles. The number of rotatable bonds is 6. The summed E-state index contributed by atoms with van der Waals surface area (Å²) in [5.41, 5.74) is 0. The first kappa shape index (κ1) is 11.4. The van der Waals surface area contributed by atoms with Crippen molar-refractivity contribution in [3.05, 3.63) is 0 Å². The van der Waals surface area contributed by atoms with Gasteiger partial charge < -0.3 is 5.11 Å². The van der Waals surface area contributed by atoms with E-state index in [1.165, 1.54) is 0 Å². The van der Waals surface area contributed by atoms with Crippen molar-refractivity contribution in [2.45, 2.75) is 19.0 Å². The predicted octanol–water partition coefficient (Wildman–Crippen LogP) is -0.674. The summed E-state index contributed by atoms with van der Waals surface area (Å²) < 4.78 is 0. The van der Waals surface area contributed by atoms with E-state index in [-0.39, 0.29) is 19.4 Å². The Morgan fingerprint density at radius 3 is 2.23 bits per heavy atom. The number of carbonyl (C=O) groups is 1. The summed E-state index contributed by atoms with van der Waals surface area (Å²) in [5, 5.41) is 8.39. The van der Waals surface area contributed by atoms with Crippen LogP contribution in [0, 0.1) is 0 Å². The molecule has 6 nitrogen and oxygen atoms in total. The molecule has 0 aliphatic rings. The third-order valence-corrected chi connectivity index (χ3v) is 1.22. The molecule has 0 atom stereocenters. The maximum absolute atomic E-state index is 11.0. The number of aliphatic hydroxyl groups excluding tert-OH is 1. The molecule has 0 spiro atoms. The van der Waals surface area contributed by atoms with Gasteiger partial charge in [0.05, 0.1) is 0 Å². The molecule has 0 aromatic rings. The maximum Gasteiger partial charge on any atom is 0.237 e. The molecule has 0 saturated carbocycles. The number of nitrogens with zero attached hydrogens (tertiary/aromatic N) is 2. The van der Waals surface area contributed by atoms with Crippen molar-refractivity contribution < 1.29 is 19.5 Å². The largest absolute Gasteiger partial charge is 0.396 e. The second kappa shape index (κ2) is 7.06. The Balaban J connectivity index is 4.27. The summed E-state index contributed by atoms with van der Waals surface area (Å²) in [4.78, 5) is 36.6. The highest BCUT2D eigenvalue weighted by atomic mass is 16.3. The highest BCUT2D eigenvalue weighted by Crippen LogP contribution is 2.00. The highest BCUT2D eigenvalue weighted by Gasteiger charge is 2.14. The Morgan fingerprint density at radius 2 is 1.85 bits per heavy atom. The van der Waals surface area contributed by atoms with E-state index in [0.29, 0.717) is 0 Å². The molecule has 70 valence electrons. The van der Waals surface area contributed by atoms with Gasteiger partial charge in [0.15, 0.2) is 5.78 Å². The van der Waals surface area contributed by atoms with E-state index in [9.17, 15) is 14.4 Å². The fourth-order valence-electron chi connectivity index (χ4n) is 0.655. The van der Waals surface area contributed by atoms with Gasteiger partial charge in [-0.1, -0.05) is 0 Å². The molecule has 0 aliphatic carbocycles. The van der Waals surface area contributed by atoms with Crippen LogP contribution >= 0.6 is 0 Å². The molecule has 0 radical (unpaired) electrons. The van der Waals surface area contributed by atoms with Gasteiger partial charge in [0, 0.05) is 13.0 Å². The minimum atomic E-state index is -1.35. The third kappa shape index (κ3) is 4.76. The molecule has 0 aromatic heterocycles. The van der Waals surface area contributed by atoms with Crippen molar-refractivity contribution in [3.8, 4) is 0 Å². The molecule has 0 rings (SSSR count). The molecule has 0 fully saturated rings. The maximum atomic E-state index is 11.0. The Labute approximate surface area is 74.0 Å². The first-order valence-corrected chi connectivity index (χ1v) is 3.53. The topological polar surface area (TPSA) is 96.2 Å². The number of aliphatic imine (C=N–C) groups is 2. The van der Waals surface area contributed by atoms with Gasteiger partial charge in [-0.3, -0.25) is 4.79 Å². The third-order valence-electron chi connectivity index (χ3n) is 1.22. The molecule has 0 unspecified atom stereocenters. The van der Waals surface area contributed by atoms with Crippen molar-refractivity contribution in [1.29, 1.82) is 0 Å². The fraction of sp³-hybridized carbons (Fsp3) is 0.571. The lowest BCUT2D eigenvalue weighted by molar-refractivity contribution is -0.120. The minimum absolute atomic E-state index is 0.0114. The van der Waals surface area contributed by atoms with E-state index in [0.717, 1.165) is 12.2 Å². The van der Waals surface area contributed by atoms with Crippen molar-refractivity contribution in [1.82, 2.24) is 0 Å². The summed E-state index contributed by atoms with van der Waals surface area (Å²) in [6.07, 6.45) is 1.17. The zero-order valence-electron chi connectivity index (χ0n) is 6.77. The van der Waals surface area contributed by atoms with Crippen LogP contribution in [0.2, 0.25) is 0 Å². The summed E-state index contributed by atoms with van der Waals surface area (Å²) >= 11 is 0. The van der Waals surface area contributed by atoms with Crippen LogP contribution in [-0.4, -0.2) is 35.8 Å². The lowest BCUT2D eigenvalue weighted by Gasteiger charge is -1.99. The molecule has 13 heavy (non-hydrogen) atoms. The smallest absolute Gasteiger partial charge is 0.237 e. The lowest BCUT2D eigenvalue weighted by atomic mass is 10.2.